The van der Waals surface area contributed by atoms with Crippen molar-refractivity contribution in [1.29, 1.82) is 0 Å². The lowest BCUT2D eigenvalue weighted by molar-refractivity contribution is -0.147. The van der Waals surface area contributed by atoms with Gasteiger partial charge in [0.2, 0.25) is 0 Å². The van der Waals surface area contributed by atoms with Crippen LogP contribution in [0.4, 0.5) is 5.00 Å². The molecule has 2 amide bonds. The van der Waals surface area contributed by atoms with Gasteiger partial charge in [0.15, 0.2) is 5.76 Å². The van der Waals surface area contributed by atoms with E-state index in [0.29, 0.717) is 9.88 Å². The first-order valence-corrected chi connectivity index (χ1v) is 10.6. The molecular formula is C23H24N2O5S. The third-order valence-electron chi connectivity index (χ3n) is 4.33. The molecular weight excluding hydrogens is 416 g/mol. The maximum Gasteiger partial charge on any atom is 0.308 e. The highest BCUT2D eigenvalue weighted by Gasteiger charge is 2.22. The van der Waals surface area contributed by atoms with E-state index in [0.717, 1.165) is 22.5 Å². The van der Waals surface area contributed by atoms with Gasteiger partial charge in [0.05, 0.1) is 34.7 Å². The van der Waals surface area contributed by atoms with E-state index in [-0.39, 0.29) is 24.2 Å². The molecule has 1 aromatic carbocycles. The molecule has 0 bridgehead atoms. The molecule has 0 aliphatic rings. The number of benzene rings is 1. The second kappa shape index (κ2) is 10.1. The van der Waals surface area contributed by atoms with Crippen LogP contribution in [0.25, 0.3) is 0 Å². The Hall–Kier alpha value is -3.39. The number of esters is 1. The number of aryl methyl sites for hydroxylation is 1. The van der Waals surface area contributed by atoms with Gasteiger partial charge in [-0.05, 0) is 50.6 Å². The predicted octanol–water partition coefficient (Wildman–Crippen LogP) is 4.71. The summed E-state index contributed by atoms with van der Waals surface area (Å²) < 4.78 is 10.3. The normalized spacial score (nSPS) is 11.7. The number of anilines is 1. The first-order chi connectivity index (χ1) is 14.8. The molecule has 2 heterocycles. The molecule has 2 aromatic heterocycles. The van der Waals surface area contributed by atoms with Gasteiger partial charge in [0.25, 0.3) is 11.8 Å². The van der Waals surface area contributed by atoms with Crippen molar-refractivity contribution in [2.45, 2.75) is 39.3 Å². The molecule has 0 saturated heterocycles. The smallest absolute Gasteiger partial charge is 0.308 e. The standard InChI is InChI=1S/C23H24N2O5S/c1-14(2)30-21(26)13-17(16-8-6-15(3)7-9-16)24-23(28)19-10-11-20(31-19)25-22(27)18-5-4-12-29-18/h4-12,14,17H,13H2,1-3H3,(H,24,28)(H,25,27). The summed E-state index contributed by atoms with van der Waals surface area (Å²) in [4.78, 5) is 37.6. The summed E-state index contributed by atoms with van der Waals surface area (Å²) in [7, 11) is 0. The SMILES string of the molecule is Cc1ccc(C(CC(=O)OC(C)C)NC(=O)c2ccc(NC(=O)c3ccco3)s2)cc1. The molecule has 31 heavy (non-hydrogen) atoms. The van der Waals surface area contributed by atoms with Crippen LogP contribution in [0.15, 0.2) is 59.2 Å². The Morgan fingerprint density at radius 2 is 1.77 bits per heavy atom. The minimum atomic E-state index is -0.539. The van der Waals surface area contributed by atoms with Gasteiger partial charge in [0, 0.05) is 0 Å². The first-order valence-electron chi connectivity index (χ1n) is 9.83. The van der Waals surface area contributed by atoms with Gasteiger partial charge in [-0.2, -0.15) is 0 Å². The molecule has 0 saturated carbocycles. The number of carbonyl (C=O) groups is 3. The minimum absolute atomic E-state index is 0.0143. The van der Waals surface area contributed by atoms with Crippen LogP contribution in [-0.2, 0) is 9.53 Å². The van der Waals surface area contributed by atoms with Crippen LogP contribution in [0.1, 0.15) is 57.7 Å². The molecule has 0 radical (unpaired) electrons. The second-order valence-corrected chi connectivity index (χ2v) is 8.36. The Morgan fingerprint density at radius 1 is 1.03 bits per heavy atom. The van der Waals surface area contributed by atoms with Crippen LogP contribution in [-0.4, -0.2) is 23.9 Å². The van der Waals surface area contributed by atoms with Gasteiger partial charge in [-0.3, -0.25) is 14.4 Å². The van der Waals surface area contributed by atoms with Crippen LogP contribution in [0.2, 0.25) is 0 Å². The van der Waals surface area contributed by atoms with E-state index in [1.54, 1.807) is 38.1 Å². The van der Waals surface area contributed by atoms with E-state index in [1.807, 2.05) is 31.2 Å². The van der Waals surface area contributed by atoms with E-state index in [1.165, 1.54) is 6.26 Å². The van der Waals surface area contributed by atoms with Crippen molar-refractivity contribution in [3.8, 4) is 0 Å². The Balaban J connectivity index is 1.70. The molecule has 1 atom stereocenters. The highest BCUT2D eigenvalue weighted by molar-refractivity contribution is 7.18. The highest BCUT2D eigenvalue weighted by atomic mass is 32.1. The zero-order valence-corrected chi connectivity index (χ0v) is 18.3. The number of thiophene rings is 1. The van der Waals surface area contributed by atoms with Gasteiger partial charge in [0.1, 0.15) is 0 Å². The van der Waals surface area contributed by atoms with E-state index in [9.17, 15) is 14.4 Å². The summed E-state index contributed by atoms with van der Waals surface area (Å²) in [6, 6.07) is 13.5. The predicted molar refractivity (Wildman–Crippen MR) is 118 cm³/mol. The summed E-state index contributed by atoms with van der Waals surface area (Å²) in [6.07, 6.45) is 1.19. The fourth-order valence-corrected chi connectivity index (χ4v) is 3.67. The van der Waals surface area contributed by atoms with E-state index < -0.39 is 17.9 Å². The Kier molecular flexibility index (Phi) is 7.25. The van der Waals surface area contributed by atoms with Crippen molar-refractivity contribution in [2.24, 2.45) is 0 Å². The quantitative estimate of drug-likeness (QED) is 0.494. The number of nitrogens with one attached hydrogen (secondary N) is 2. The number of ether oxygens (including phenoxy) is 1. The molecule has 7 nitrogen and oxygen atoms in total. The Bertz CT molecular complexity index is 1040. The van der Waals surface area contributed by atoms with E-state index in [4.69, 9.17) is 9.15 Å². The number of furan rings is 1. The van der Waals surface area contributed by atoms with Crippen LogP contribution < -0.4 is 10.6 Å². The lowest BCUT2D eigenvalue weighted by Gasteiger charge is -2.19. The van der Waals surface area contributed by atoms with Gasteiger partial charge in [-0.15, -0.1) is 11.3 Å². The largest absolute Gasteiger partial charge is 0.463 e. The number of rotatable bonds is 8. The van der Waals surface area contributed by atoms with Gasteiger partial charge >= 0.3 is 5.97 Å². The molecule has 3 rings (SSSR count). The molecule has 0 aliphatic heterocycles. The Labute approximate surface area is 184 Å². The zero-order chi connectivity index (χ0) is 22.4. The lowest BCUT2D eigenvalue weighted by Crippen LogP contribution is -2.30. The van der Waals surface area contributed by atoms with Crippen LogP contribution in [0, 0.1) is 6.92 Å². The Morgan fingerprint density at radius 3 is 2.42 bits per heavy atom. The van der Waals surface area contributed by atoms with Gasteiger partial charge < -0.3 is 19.8 Å². The fraction of sp³-hybridized carbons (Fsp3) is 0.261. The van der Waals surface area contributed by atoms with Crippen LogP contribution in [0.3, 0.4) is 0 Å². The van der Waals surface area contributed by atoms with E-state index in [2.05, 4.69) is 10.6 Å². The number of hydrogen-bond donors (Lipinski definition) is 2. The summed E-state index contributed by atoms with van der Waals surface area (Å²) >= 11 is 1.13. The lowest BCUT2D eigenvalue weighted by atomic mass is 10.0. The molecule has 0 spiro atoms. The maximum atomic E-state index is 12.8. The number of carbonyl (C=O) groups excluding carboxylic acids is 3. The third kappa shape index (κ3) is 6.29. The van der Waals surface area contributed by atoms with Crippen LogP contribution >= 0.6 is 11.3 Å². The van der Waals surface area contributed by atoms with Crippen molar-refractivity contribution in [3.63, 3.8) is 0 Å². The summed E-state index contributed by atoms with van der Waals surface area (Å²) in [5, 5.41) is 6.11. The van der Waals surface area contributed by atoms with Crippen molar-refractivity contribution >= 4 is 34.1 Å². The summed E-state index contributed by atoms with van der Waals surface area (Å²) in [6.45, 7) is 5.53. The highest BCUT2D eigenvalue weighted by Crippen LogP contribution is 2.25. The molecule has 0 aliphatic carbocycles. The topological polar surface area (TPSA) is 97.6 Å². The zero-order valence-electron chi connectivity index (χ0n) is 17.5. The molecule has 2 N–H and O–H groups in total. The van der Waals surface area contributed by atoms with Crippen LogP contribution in [0.5, 0.6) is 0 Å². The molecule has 8 heteroatoms. The van der Waals surface area contributed by atoms with Gasteiger partial charge in [-0.1, -0.05) is 29.8 Å². The number of hydrogen-bond acceptors (Lipinski definition) is 6. The van der Waals surface area contributed by atoms with Gasteiger partial charge in [-0.25, -0.2) is 0 Å². The molecule has 0 fully saturated rings. The third-order valence-corrected chi connectivity index (χ3v) is 5.33. The fourth-order valence-electron chi connectivity index (χ4n) is 2.87. The molecule has 162 valence electrons. The maximum absolute atomic E-state index is 12.8. The average Bonchev–Trinajstić information content (AvgIpc) is 3.39. The summed E-state index contributed by atoms with van der Waals surface area (Å²) in [5.41, 5.74) is 1.89. The van der Waals surface area contributed by atoms with E-state index >= 15 is 0 Å². The first kappa shape index (κ1) is 22.3. The minimum Gasteiger partial charge on any atom is -0.463 e. The monoisotopic (exact) mass is 440 g/mol. The molecule has 1 unspecified atom stereocenters. The van der Waals surface area contributed by atoms with Crippen molar-refractivity contribution in [3.05, 3.63) is 76.6 Å². The van der Waals surface area contributed by atoms with Crippen molar-refractivity contribution in [1.82, 2.24) is 5.32 Å². The molecule has 3 aromatic rings. The van der Waals surface area contributed by atoms with Crippen molar-refractivity contribution in [2.75, 3.05) is 5.32 Å². The second-order valence-electron chi connectivity index (χ2n) is 7.27. The average molecular weight is 441 g/mol. The summed E-state index contributed by atoms with van der Waals surface area (Å²) in [5.74, 6) is -0.944. The van der Waals surface area contributed by atoms with Crippen molar-refractivity contribution < 1.29 is 23.5 Å². The number of amides is 2.